The summed E-state index contributed by atoms with van der Waals surface area (Å²) in [7, 11) is 0. The van der Waals surface area contributed by atoms with E-state index in [9.17, 15) is 31.1 Å². The fourth-order valence-electron chi connectivity index (χ4n) is 0.835. The third kappa shape index (κ3) is 4.97. The first kappa shape index (κ1) is 16.3. The normalized spacial score (nSPS) is 14.1. The number of rotatable bonds is 4. The van der Waals surface area contributed by atoms with Gasteiger partial charge in [0.15, 0.2) is 5.78 Å². The molecule has 0 aromatic heterocycles. The topological polar surface area (TPSA) is 26.3 Å². The van der Waals surface area contributed by atoms with E-state index in [0.717, 1.165) is 0 Å². The lowest BCUT2D eigenvalue weighted by molar-refractivity contribution is -0.272. The van der Waals surface area contributed by atoms with Gasteiger partial charge in [-0.05, 0) is 22.9 Å². The number of allylic oxidation sites excluding steroid dienone is 1. The number of ether oxygens (including phenoxy) is 1. The Labute approximate surface area is 101 Å². The lowest BCUT2D eigenvalue weighted by Crippen LogP contribution is -2.42. The fraction of sp³-hybridized carbons (Fsp3) is 0.625. The van der Waals surface area contributed by atoms with Gasteiger partial charge in [-0.3, -0.25) is 4.79 Å². The lowest BCUT2D eigenvalue weighted by Gasteiger charge is -2.21. The number of hydrogen-bond acceptors (Lipinski definition) is 2. The van der Waals surface area contributed by atoms with Crippen LogP contribution in [-0.4, -0.2) is 24.7 Å². The van der Waals surface area contributed by atoms with Crippen molar-refractivity contribution >= 4 is 21.7 Å². The molecule has 0 N–H and O–H groups in total. The summed E-state index contributed by atoms with van der Waals surface area (Å²) < 4.78 is 76.2. The Kier molecular flexibility index (Phi) is 5.50. The van der Waals surface area contributed by atoms with Gasteiger partial charge in [0.1, 0.15) is 6.26 Å². The molecule has 0 saturated heterocycles. The Morgan fingerprint density at radius 2 is 1.65 bits per heavy atom. The molecule has 0 aromatic rings. The highest BCUT2D eigenvalue weighted by atomic mass is 79.9. The van der Waals surface area contributed by atoms with Crippen LogP contribution in [0.25, 0.3) is 0 Å². The highest BCUT2D eigenvalue weighted by Crippen LogP contribution is 2.41. The summed E-state index contributed by atoms with van der Waals surface area (Å²) in [6.45, 7) is 1.46. The quantitative estimate of drug-likeness (QED) is 0.448. The summed E-state index contributed by atoms with van der Waals surface area (Å²) in [6.07, 6.45) is -10.9. The number of alkyl halides is 6. The zero-order valence-electron chi connectivity index (χ0n) is 8.32. The Hall–Kier alpha value is -0.730. The van der Waals surface area contributed by atoms with E-state index in [1.54, 1.807) is 0 Å². The second-order valence-electron chi connectivity index (χ2n) is 2.80. The van der Waals surface area contributed by atoms with Crippen LogP contribution in [0.2, 0.25) is 0 Å². The third-order valence-corrected chi connectivity index (χ3v) is 2.08. The highest BCUT2D eigenvalue weighted by molar-refractivity contribution is 9.12. The van der Waals surface area contributed by atoms with Crippen molar-refractivity contribution in [3.63, 3.8) is 0 Å². The Morgan fingerprint density at radius 1 is 1.24 bits per heavy atom. The molecule has 0 amide bonds. The summed E-state index contributed by atoms with van der Waals surface area (Å²) >= 11 is 2.32. The molecule has 0 bridgehead atoms. The average molecular weight is 329 g/mol. The van der Waals surface area contributed by atoms with E-state index in [1.165, 1.54) is 6.92 Å². The van der Waals surface area contributed by atoms with Gasteiger partial charge in [-0.25, -0.2) is 0 Å². The predicted octanol–water partition coefficient (Wildman–Crippen LogP) is 3.57. The van der Waals surface area contributed by atoms with Gasteiger partial charge in [-0.2, -0.15) is 26.3 Å². The van der Waals surface area contributed by atoms with E-state index in [0.29, 0.717) is 6.26 Å². The van der Waals surface area contributed by atoms with Gasteiger partial charge in [0.2, 0.25) is 5.92 Å². The van der Waals surface area contributed by atoms with Crippen LogP contribution in [-0.2, 0) is 9.53 Å². The second-order valence-corrected chi connectivity index (χ2v) is 3.66. The van der Waals surface area contributed by atoms with E-state index >= 15 is 0 Å². The Morgan fingerprint density at radius 3 is 1.94 bits per heavy atom. The number of ketones is 1. The summed E-state index contributed by atoms with van der Waals surface area (Å²) in [5, 5.41) is 0. The first-order valence-electron chi connectivity index (χ1n) is 4.16. The molecule has 0 radical (unpaired) electrons. The van der Waals surface area contributed by atoms with Crippen molar-refractivity contribution < 1.29 is 35.9 Å². The van der Waals surface area contributed by atoms with Gasteiger partial charge in [0.25, 0.3) is 0 Å². The minimum Gasteiger partial charge on any atom is -0.500 e. The first-order valence-corrected chi connectivity index (χ1v) is 4.96. The zero-order valence-corrected chi connectivity index (χ0v) is 9.91. The molecule has 0 saturated carbocycles. The van der Waals surface area contributed by atoms with Crippen molar-refractivity contribution in [3.8, 4) is 0 Å². The summed E-state index contributed by atoms with van der Waals surface area (Å²) in [5.74, 6) is -6.19. The third-order valence-electron chi connectivity index (χ3n) is 1.51. The van der Waals surface area contributed by atoms with E-state index in [2.05, 4.69) is 20.7 Å². The van der Waals surface area contributed by atoms with Crippen molar-refractivity contribution in [3.05, 3.63) is 10.7 Å². The standard InChI is InChI=1S/C8H7BrF6O2/c1-2-17-3-4(9)5(16)6(7(10,11)12)8(13,14)15/h3,6H,2H2,1H3/b4-3-. The van der Waals surface area contributed by atoms with E-state index in [1.807, 2.05) is 0 Å². The molecule has 0 fully saturated rings. The number of Topliss-reactive ketones (excluding diaryl/α,β-unsaturated/α-hetero) is 1. The predicted molar refractivity (Wildman–Crippen MR) is 49.2 cm³/mol. The largest absolute Gasteiger partial charge is 0.500 e. The number of carbonyl (C=O) groups excluding carboxylic acids is 1. The van der Waals surface area contributed by atoms with Crippen LogP contribution < -0.4 is 0 Å². The summed E-state index contributed by atoms with van der Waals surface area (Å²) in [5.41, 5.74) is 0. The maximum Gasteiger partial charge on any atom is 0.407 e. The first-order chi connectivity index (χ1) is 7.51. The fourth-order valence-corrected chi connectivity index (χ4v) is 1.20. The van der Waals surface area contributed by atoms with E-state index in [4.69, 9.17) is 0 Å². The van der Waals surface area contributed by atoms with Crippen LogP contribution in [0, 0.1) is 5.92 Å². The zero-order chi connectivity index (χ0) is 13.9. The lowest BCUT2D eigenvalue weighted by atomic mass is 10.0. The van der Waals surface area contributed by atoms with Crippen LogP contribution in [0.15, 0.2) is 10.7 Å². The molecule has 0 spiro atoms. The maximum atomic E-state index is 12.1. The van der Waals surface area contributed by atoms with Gasteiger partial charge in [0, 0.05) is 0 Å². The second kappa shape index (κ2) is 5.74. The molecular weight excluding hydrogens is 322 g/mol. The molecule has 0 aromatic carbocycles. The van der Waals surface area contributed by atoms with Crippen LogP contribution in [0.3, 0.4) is 0 Å². The van der Waals surface area contributed by atoms with Crippen LogP contribution >= 0.6 is 15.9 Å². The van der Waals surface area contributed by atoms with Crippen molar-refractivity contribution in [1.29, 1.82) is 0 Å². The van der Waals surface area contributed by atoms with Crippen molar-refractivity contribution in [2.24, 2.45) is 5.92 Å². The molecule has 0 rings (SSSR count). The van der Waals surface area contributed by atoms with Gasteiger partial charge in [-0.15, -0.1) is 0 Å². The Balaban J connectivity index is 5.17. The average Bonchev–Trinajstić information content (AvgIpc) is 2.09. The molecule has 0 aliphatic heterocycles. The van der Waals surface area contributed by atoms with Gasteiger partial charge >= 0.3 is 12.4 Å². The molecule has 0 aliphatic carbocycles. The minimum atomic E-state index is -5.70. The molecule has 100 valence electrons. The van der Waals surface area contributed by atoms with Crippen molar-refractivity contribution in [2.45, 2.75) is 19.3 Å². The number of halogens is 7. The van der Waals surface area contributed by atoms with E-state index < -0.39 is 28.5 Å². The monoisotopic (exact) mass is 328 g/mol. The van der Waals surface area contributed by atoms with Crippen LogP contribution in [0.4, 0.5) is 26.3 Å². The van der Waals surface area contributed by atoms with Gasteiger partial charge in [0.05, 0.1) is 11.1 Å². The SMILES string of the molecule is CCO/C=C(\Br)C(=O)C(C(F)(F)F)C(F)(F)F. The smallest absolute Gasteiger partial charge is 0.407 e. The van der Waals surface area contributed by atoms with Crippen LogP contribution in [0.5, 0.6) is 0 Å². The van der Waals surface area contributed by atoms with Gasteiger partial charge in [-0.1, -0.05) is 0 Å². The number of carbonyl (C=O) groups is 1. The molecule has 17 heavy (non-hydrogen) atoms. The molecular formula is C8H7BrF6O2. The van der Waals surface area contributed by atoms with Crippen molar-refractivity contribution in [2.75, 3.05) is 6.61 Å². The van der Waals surface area contributed by atoms with Gasteiger partial charge < -0.3 is 4.74 Å². The molecule has 9 heteroatoms. The van der Waals surface area contributed by atoms with Crippen molar-refractivity contribution in [1.82, 2.24) is 0 Å². The highest BCUT2D eigenvalue weighted by Gasteiger charge is 2.61. The molecule has 0 atom stereocenters. The Bertz CT molecular complexity index is 292. The maximum absolute atomic E-state index is 12.1. The summed E-state index contributed by atoms with van der Waals surface area (Å²) in [6, 6.07) is 0. The molecule has 0 aliphatic rings. The minimum absolute atomic E-state index is 0.00504. The molecule has 0 unspecified atom stereocenters. The number of hydrogen-bond donors (Lipinski definition) is 0. The molecule has 0 heterocycles. The van der Waals surface area contributed by atoms with Crippen LogP contribution in [0.1, 0.15) is 6.92 Å². The van der Waals surface area contributed by atoms with E-state index in [-0.39, 0.29) is 6.61 Å². The summed E-state index contributed by atoms with van der Waals surface area (Å²) in [4.78, 5) is 11.0. The molecule has 2 nitrogen and oxygen atoms in total.